The van der Waals surface area contributed by atoms with Crippen LogP contribution in [0.25, 0.3) is 6.08 Å². The second-order valence-electron chi connectivity index (χ2n) is 6.52. The Labute approximate surface area is 164 Å². The minimum absolute atomic E-state index is 0.0166. The first-order chi connectivity index (χ1) is 13.0. The van der Waals surface area contributed by atoms with E-state index in [4.69, 9.17) is 9.73 Å². The van der Waals surface area contributed by atoms with Gasteiger partial charge in [-0.05, 0) is 73.5 Å². The molecule has 3 rings (SSSR count). The molecule has 0 radical (unpaired) electrons. The Bertz CT molecular complexity index is 901. The van der Waals surface area contributed by atoms with Crippen molar-refractivity contribution < 1.29 is 9.53 Å². The van der Waals surface area contributed by atoms with Crippen LogP contribution in [-0.2, 0) is 4.79 Å². The molecule has 0 spiro atoms. The molecule has 1 amide bonds. The van der Waals surface area contributed by atoms with E-state index in [9.17, 15) is 4.79 Å². The average Bonchev–Trinajstić information content (AvgIpc) is 2.94. The minimum Gasteiger partial charge on any atom is -0.497 e. The second-order valence-corrected chi connectivity index (χ2v) is 7.53. The summed E-state index contributed by atoms with van der Waals surface area (Å²) in [5.41, 5.74) is 4.13. The summed E-state index contributed by atoms with van der Waals surface area (Å²) < 4.78 is 5.26. The molecule has 0 unspecified atom stereocenters. The number of hydrogen-bond donors (Lipinski definition) is 0. The van der Waals surface area contributed by atoms with E-state index in [1.807, 2.05) is 62.4 Å². The summed E-state index contributed by atoms with van der Waals surface area (Å²) >= 11 is 1.44. The molecule has 0 aromatic heterocycles. The van der Waals surface area contributed by atoms with Crippen molar-refractivity contribution in [3.8, 4) is 5.75 Å². The molecule has 1 aliphatic rings. The molecule has 1 fully saturated rings. The van der Waals surface area contributed by atoms with E-state index in [0.29, 0.717) is 11.4 Å². The van der Waals surface area contributed by atoms with Gasteiger partial charge in [-0.2, -0.15) is 0 Å². The Balaban J connectivity index is 1.94. The Morgan fingerprint density at radius 3 is 2.52 bits per heavy atom. The number of aliphatic imine (C=N–C) groups is 1. The maximum Gasteiger partial charge on any atom is 0.266 e. The quantitative estimate of drug-likeness (QED) is 0.659. The molecule has 0 bridgehead atoms. The number of hydrogen-bond acceptors (Lipinski definition) is 4. The molecule has 1 saturated heterocycles. The van der Waals surface area contributed by atoms with Gasteiger partial charge in [0.2, 0.25) is 0 Å². The van der Waals surface area contributed by atoms with Crippen molar-refractivity contribution in [1.82, 2.24) is 4.90 Å². The third-order valence-electron chi connectivity index (χ3n) is 4.36. The van der Waals surface area contributed by atoms with Crippen molar-refractivity contribution in [3.63, 3.8) is 0 Å². The number of rotatable bonds is 5. The molecule has 0 atom stereocenters. The van der Waals surface area contributed by atoms with E-state index in [2.05, 4.69) is 6.92 Å². The van der Waals surface area contributed by atoms with E-state index in [0.717, 1.165) is 34.2 Å². The van der Waals surface area contributed by atoms with Crippen molar-refractivity contribution in [2.45, 2.75) is 27.2 Å². The summed E-state index contributed by atoms with van der Waals surface area (Å²) in [7, 11) is 1.65. The van der Waals surface area contributed by atoms with Gasteiger partial charge < -0.3 is 4.74 Å². The number of ether oxygens (including phenoxy) is 1. The normalized spacial score (nSPS) is 17.2. The molecule has 4 nitrogen and oxygen atoms in total. The van der Waals surface area contributed by atoms with Gasteiger partial charge in [-0.3, -0.25) is 9.69 Å². The lowest BCUT2D eigenvalue weighted by Crippen LogP contribution is -2.29. The number of benzene rings is 2. The van der Waals surface area contributed by atoms with Crippen LogP contribution >= 0.6 is 11.8 Å². The smallest absolute Gasteiger partial charge is 0.266 e. The predicted molar refractivity (Wildman–Crippen MR) is 114 cm³/mol. The van der Waals surface area contributed by atoms with Gasteiger partial charge in [0, 0.05) is 6.54 Å². The molecular weight excluding hydrogens is 356 g/mol. The molecule has 2 aromatic carbocycles. The highest BCUT2D eigenvalue weighted by atomic mass is 32.2. The first-order valence-corrected chi connectivity index (χ1v) is 9.85. The monoisotopic (exact) mass is 380 g/mol. The first-order valence-electron chi connectivity index (χ1n) is 9.03. The Morgan fingerprint density at radius 1 is 1.15 bits per heavy atom. The number of aryl methyl sites for hydroxylation is 2. The molecule has 27 heavy (non-hydrogen) atoms. The third-order valence-corrected chi connectivity index (χ3v) is 5.36. The van der Waals surface area contributed by atoms with Crippen molar-refractivity contribution in [2.24, 2.45) is 4.99 Å². The summed E-state index contributed by atoms with van der Waals surface area (Å²) in [6.07, 6.45) is 2.83. The molecule has 5 heteroatoms. The maximum atomic E-state index is 12.9. The van der Waals surface area contributed by atoms with E-state index in [1.54, 1.807) is 12.0 Å². The van der Waals surface area contributed by atoms with Gasteiger partial charge in [-0.25, -0.2) is 4.99 Å². The van der Waals surface area contributed by atoms with Crippen molar-refractivity contribution >= 4 is 34.6 Å². The molecule has 0 saturated carbocycles. The van der Waals surface area contributed by atoms with Crippen LogP contribution < -0.4 is 4.74 Å². The number of amides is 1. The molecule has 1 heterocycles. The van der Waals surface area contributed by atoms with Crippen molar-refractivity contribution in [1.29, 1.82) is 0 Å². The molecule has 2 aromatic rings. The van der Waals surface area contributed by atoms with Crippen molar-refractivity contribution in [2.75, 3.05) is 13.7 Å². The average molecular weight is 381 g/mol. The predicted octanol–water partition coefficient (Wildman–Crippen LogP) is 5.33. The SMILES string of the molecule is CCCN1C(=O)/C(=C\c2ccc(OC)cc2C)SC1=Nc1ccc(C)cc1. The second kappa shape index (κ2) is 8.44. The molecule has 140 valence electrons. The topological polar surface area (TPSA) is 41.9 Å². The van der Waals surface area contributed by atoms with Gasteiger partial charge in [-0.15, -0.1) is 0 Å². The molecule has 0 N–H and O–H groups in total. The van der Waals surface area contributed by atoms with Crippen molar-refractivity contribution in [3.05, 3.63) is 64.1 Å². The zero-order chi connectivity index (χ0) is 19.4. The fourth-order valence-electron chi connectivity index (χ4n) is 2.82. The van der Waals surface area contributed by atoms with Crippen LogP contribution in [0.15, 0.2) is 52.4 Å². The van der Waals surface area contributed by atoms with Crippen LogP contribution in [0.5, 0.6) is 5.75 Å². The highest BCUT2D eigenvalue weighted by Crippen LogP contribution is 2.35. The van der Waals surface area contributed by atoms with E-state index >= 15 is 0 Å². The summed E-state index contributed by atoms with van der Waals surface area (Å²) in [6.45, 7) is 6.79. The molecule has 0 aliphatic carbocycles. The van der Waals surface area contributed by atoms with E-state index < -0.39 is 0 Å². The lowest BCUT2D eigenvalue weighted by Gasteiger charge is -2.14. The number of carbonyl (C=O) groups is 1. The molecular formula is C22H24N2O2S. The summed E-state index contributed by atoms with van der Waals surface area (Å²) in [4.78, 5) is 20.1. The number of methoxy groups -OCH3 is 1. The lowest BCUT2D eigenvalue weighted by molar-refractivity contribution is -0.122. The fourth-order valence-corrected chi connectivity index (χ4v) is 3.84. The van der Waals surface area contributed by atoms with Gasteiger partial charge >= 0.3 is 0 Å². The van der Waals surface area contributed by atoms with E-state index in [-0.39, 0.29) is 5.91 Å². The Morgan fingerprint density at radius 2 is 1.89 bits per heavy atom. The standard InChI is InChI=1S/C22H24N2O2S/c1-5-12-24-21(25)20(14-17-8-11-19(26-4)13-16(17)3)27-22(24)23-18-9-6-15(2)7-10-18/h6-11,13-14H,5,12H2,1-4H3/b20-14+,23-22?. The first kappa shape index (κ1) is 19.2. The highest BCUT2D eigenvalue weighted by molar-refractivity contribution is 8.18. The third kappa shape index (κ3) is 4.42. The van der Waals surface area contributed by atoms with Gasteiger partial charge in [0.1, 0.15) is 5.75 Å². The summed E-state index contributed by atoms with van der Waals surface area (Å²) in [6, 6.07) is 13.9. The van der Waals surface area contributed by atoms with Crippen LogP contribution in [0.1, 0.15) is 30.0 Å². The molecule has 1 aliphatic heterocycles. The van der Waals surface area contributed by atoms with Crippen LogP contribution in [0, 0.1) is 13.8 Å². The Kier molecular flexibility index (Phi) is 6.01. The van der Waals surface area contributed by atoms with Gasteiger partial charge in [0.15, 0.2) is 5.17 Å². The van der Waals surface area contributed by atoms with Crippen LogP contribution in [0.4, 0.5) is 5.69 Å². The van der Waals surface area contributed by atoms with Gasteiger partial charge in [-0.1, -0.05) is 30.7 Å². The van der Waals surface area contributed by atoms with Gasteiger partial charge in [0.25, 0.3) is 5.91 Å². The van der Waals surface area contributed by atoms with Gasteiger partial charge in [0.05, 0.1) is 17.7 Å². The number of carbonyl (C=O) groups excluding carboxylic acids is 1. The lowest BCUT2D eigenvalue weighted by atomic mass is 10.1. The number of amidine groups is 1. The Hall–Kier alpha value is -2.53. The van der Waals surface area contributed by atoms with Crippen LogP contribution in [-0.4, -0.2) is 29.6 Å². The summed E-state index contributed by atoms with van der Waals surface area (Å²) in [5.74, 6) is 0.831. The fraction of sp³-hybridized carbons (Fsp3) is 0.273. The zero-order valence-corrected chi connectivity index (χ0v) is 17.0. The minimum atomic E-state index is 0.0166. The zero-order valence-electron chi connectivity index (χ0n) is 16.2. The largest absolute Gasteiger partial charge is 0.497 e. The maximum absolute atomic E-state index is 12.9. The summed E-state index contributed by atoms with van der Waals surface area (Å²) in [5, 5.41) is 0.739. The number of thioether (sulfide) groups is 1. The highest BCUT2D eigenvalue weighted by Gasteiger charge is 2.32. The number of nitrogens with zero attached hydrogens (tertiary/aromatic N) is 2. The van der Waals surface area contributed by atoms with E-state index in [1.165, 1.54) is 17.3 Å². The van der Waals surface area contributed by atoms with Crippen LogP contribution in [0.3, 0.4) is 0 Å². The van der Waals surface area contributed by atoms with Crippen LogP contribution in [0.2, 0.25) is 0 Å².